The van der Waals surface area contributed by atoms with Gasteiger partial charge in [0.1, 0.15) is 5.75 Å². The molecule has 0 saturated carbocycles. The number of rotatable bonds is 3. The van der Waals surface area contributed by atoms with Gasteiger partial charge in [0.05, 0.1) is 32.3 Å². The molecule has 0 heterocycles. The van der Waals surface area contributed by atoms with Gasteiger partial charge >= 0.3 is 0 Å². The van der Waals surface area contributed by atoms with Gasteiger partial charge < -0.3 is 9.47 Å². The largest absolute Gasteiger partial charge is 0.496 e. The van der Waals surface area contributed by atoms with Gasteiger partial charge in [0, 0.05) is 0 Å². The molecule has 0 atom stereocenters. The molecule has 0 spiro atoms. The zero-order chi connectivity index (χ0) is 10.6. The molecule has 0 radical (unpaired) electrons. The van der Waals surface area contributed by atoms with Crippen LogP contribution in [0.25, 0.3) is 0 Å². The average molecular weight is 195 g/mol. The Balaban J connectivity index is 3.29. The molecule has 0 aliphatic heterocycles. The number of nitriles is 1. The van der Waals surface area contributed by atoms with Gasteiger partial charge in [-0.2, -0.15) is 5.26 Å². The van der Waals surface area contributed by atoms with Gasteiger partial charge in [-0.1, -0.05) is 0 Å². The standard InChI is InChI=1S/C10H10FNO2/c1-13-9-4-3-8(11)10(14-2)7(9)5-6-12/h3-4H,5H2,1-2H3. The van der Waals surface area contributed by atoms with Crippen molar-refractivity contribution in [2.45, 2.75) is 6.42 Å². The first-order valence-electron chi connectivity index (χ1n) is 4.01. The predicted octanol–water partition coefficient (Wildman–Crippen LogP) is 1.91. The van der Waals surface area contributed by atoms with E-state index in [9.17, 15) is 4.39 Å². The van der Waals surface area contributed by atoms with E-state index in [0.29, 0.717) is 11.3 Å². The van der Waals surface area contributed by atoms with Crippen molar-refractivity contribution in [3.05, 3.63) is 23.5 Å². The molecule has 4 heteroatoms. The lowest BCUT2D eigenvalue weighted by Gasteiger charge is -2.10. The molecule has 1 aromatic carbocycles. The van der Waals surface area contributed by atoms with E-state index in [1.54, 1.807) is 0 Å². The van der Waals surface area contributed by atoms with Crippen LogP contribution in [0.3, 0.4) is 0 Å². The first kappa shape index (κ1) is 10.3. The smallest absolute Gasteiger partial charge is 0.165 e. The van der Waals surface area contributed by atoms with Crippen LogP contribution in [-0.2, 0) is 6.42 Å². The van der Waals surface area contributed by atoms with Crippen molar-refractivity contribution in [3.8, 4) is 17.6 Å². The first-order chi connectivity index (χ1) is 6.74. The molecule has 74 valence electrons. The number of hydrogen-bond acceptors (Lipinski definition) is 3. The number of methoxy groups -OCH3 is 2. The predicted molar refractivity (Wildman–Crippen MR) is 48.8 cm³/mol. The summed E-state index contributed by atoms with van der Waals surface area (Å²) in [5.74, 6) is 0.0502. The molecule has 1 aromatic rings. The van der Waals surface area contributed by atoms with Crippen LogP contribution in [0.4, 0.5) is 4.39 Å². The molecule has 0 unspecified atom stereocenters. The van der Waals surface area contributed by atoms with Crippen molar-refractivity contribution in [2.75, 3.05) is 14.2 Å². The number of halogens is 1. The molecule has 0 N–H and O–H groups in total. The van der Waals surface area contributed by atoms with Gasteiger partial charge in [0.15, 0.2) is 11.6 Å². The summed E-state index contributed by atoms with van der Waals surface area (Å²) in [4.78, 5) is 0. The minimum absolute atomic E-state index is 0.0596. The third-order valence-corrected chi connectivity index (χ3v) is 1.85. The Kier molecular flexibility index (Phi) is 3.29. The van der Waals surface area contributed by atoms with E-state index in [0.717, 1.165) is 0 Å². The Morgan fingerprint density at radius 3 is 2.57 bits per heavy atom. The molecule has 0 fully saturated rings. The van der Waals surface area contributed by atoms with Gasteiger partial charge in [0.2, 0.25) is 0 Å². The van der Waals surface area contributed by atoms with Crippen molar-refractivity contribution in [1.82, 2.24) is 0 Å². The maximum absolute atomic E-state index is 13.2. The lowest BCUT2D eigenvalue weighted by Crippen LogP contribution is -1.98. The van der Waals surface area contributed by atoms with Crippen LogP contribution in [0, 0.1) is 17.1 Å². The normalized spacial score (nSPS) is 9.29. The van der Waals surface area contributed by atoms with Gasteiger partial charge in [-0.05, 0) is 12.1 Å². The quantitative estimate of drug-likeness (QED) is 0.739. The van der Waals surface area contributed by atoms with Crippen molar-refractivity contribution >= 4 is 0 Å². The Morgan fingerprint density at radius 2 is 2.07 bits per heavy atom. The molecule has 0 amide bonds. The monoisotopic (exact) mass is 195 g/mol. The van der Waals surface area contributed by atoms with Crippen LogP contribution in [0.1, 0.15) is 5.56 Å². The molecule has 0 saturated heterocycles. The summed E-state index contributed by atoms with van der Waals surface area (Å²) >= 11 is 0. The third-order valence-electron chi connectivity index (χ3n) is 1.85. The third kappa shape index (κ3) is 1.77. The fraction of sp³-hybridized carbons (Fsp3) is 0.300. The summed E-state index contributed by atoms with van der Waals surface area (Å²) in [5, 5.41) is 8.57. The summed E-state index contributed by atoms with van der Waals surface area (Å²) in [6, 6.07) is 4.66. The number of hydrogen-bond donors (Lipinski definition) is 0. The van der Waals surface area contributed by atoms with Crippen LogP contribution in [-0.4, -0.2) is 14.2 Å². The zero-order valence-electron chi connectivity index (χ0n) is 8.00. The molecule has 0 aliphatic rings. The van der Waals surface area contributed by atoms with Gasteiger partial charge in [-0.15, -0.1) is 0 Å². The van der Waals surface area contributed by atoms with E-state index in [4.69, 9.17) is 14.7 Å². The van der Waals surface area contributed by atoms with Crippen LogP contribution >= 0.6 is 0 Å². The summed E-state index contributed by atoms with van der Waals surface area (Å²) < 4.78 is 23.1. The average Bonchev–Trinajstić information content (AvgIpc) is 2.19. The number of nitrogens with zero attached hydrogens (tertiary/aromatic N) is 1. The van der Waals surface area contributed by atoms with Crippen molar-refractivity contribution < 1.29 is 13.9 Å². The van der Waals surface area contributed by atoms with E-state index >= 15 is 0 Å². The highest BCUT2D eigenvalue weighted by Crippen LogP contribution is 2.31. The van der Waals surface area contributed by atoms with E-state index in [1.165, 1.54) is 26.4 Å². The van der Waals surface area contributed by atoms with Crippen LogP contribution in [0.15, 0.2) is 12.1 Å². The minimum atomic E-state index is -0.487. The number of benzene rings is 1. The van der Waals surface area contributed by atoms with Crippen molar-refractivity contribution in [2.24, 2.45) is 0 Å². The van der Waals surface area contributed by atoms with Gasteiger partial charge in [-0.3, -0.25) is 0 Å². The molecule has 0 aromatic heterocycles. The lowest BCUT2D eigenvalue weighted by molar-refractivity contribution is 0.367. The summed E-state index contributed by atoms with van der Waals surface area (Å²) in [5.41, 5.74) is 0.442. The fourth-order valence-corrected chi connectivity index (χ4v) is 1.24. The molecule has 0 aliphatic carbocycles. The topological polar surface area (TPSA) is 42.2 Å². The van der Waals surface area contributed by atoms with E-state index < -0.39 is 5.82 Å². The second-order valence-corrected chi connectivity index (χ2v) is 2.60. The van der Waals surface area contributed by atoms with E-state index in [-0.39, 0.29) is 12.2 Å². The highest BCUT2D eigenvalue weighted by molar-refractivity contribution is 5.47. The molecule has 0 bridgehead atoms. The SMILES string of the molecule is COc1ccc(F)c(OC)c1CC#N. The van der Waals surface area contributed by atoms with Gasteiger partial charge in [-0.25, -0.2) is 4.39 Å². The van der Waals surface area contributed by atoms with Crippen LogP contribution < -0.4 is 9.47 Å². The maximum Gasteiger partial charge on any atom is 0.165 e. The highest BCUT2D eigenvalue weighted by atomic mass is 19.1. The zero-order valence-corrected chi connectivity index (χ0v) is 8.00. The summed E-state index contributed by atoms with van der Waals surface area (Å²) in [6.45, 7) is 0. The van der Waals surface area contributed by atoms with Crippen molar-refractivity contribution in [3.63, 3.8) is 0 Å². The lowest BCUT2D eigenvalue weighted by atomic mass is 10.1. The Labute approximate surface area is 81.7 Å². The molecular formula is C10H10FNO2. The van der Waals surface area contributed by atoms with Crippen LogP contribution in [0.2, 0.25) is 0 Å². The highest BCUT2D eigenvalue weighted by Gasteiger charge is 2.14. The Bertz CT molecular complexity index is 371. The summed E-state index contributed by atoms with van der Waals surface area (Å²) in [6.07, 6.45) is 0.0596. The Hall–Kier alpha value is -1.76. The Morgan fingerprint density at radius 1 is 1.36 bits per heavy atom. The van der Waals surface area contributed by atoms with E-state index in [2.05, 4.69) is 0 Å². The fourth-order valence-electron chi connectivity index (χ4n) is 1.24. The van der Waals surface area contributed by atoms with Gasteiger partial charge in [0.25, 0.3) is 0 Å². The van der Waals surface area contributed by atoms with Crippen molar-refractivity contribution in [1.29, 1.82) is 5.26 Å². The summed E-state index contributed by atoms with van der Waals surface area (Å²) in [7, 11) is 2.83. The molecular weight excluding hydrogens is 185 g/mol. The molecule has 1 rings (SSSR count). The van der Waals surface area contributed by atoms with Crippen LogP contribution in [0.5, 0.6) is 11.5 Å². The second-order valence-electron chi connectivity index (χ2n) is 2.60. The van der Waals surface area contributed by atoms with E-state index in [1.807, 2.05) is 6.07 Å². The number of ether oxygens (including phenoxy) is 2. The molecule has 3 nitrogen and oxygen atoms in total. The minimum Gasteiger partial charge on any atom is -0.496 e. The molecule has 14 heavy (non-hydrogen) atoms. The maximum atomic E-state index is 13.2. The first-order valence-corrected chi connectivity index (χ1v) is 4.01. The second kappa shape index (κ2) is 4.47.